The van der Waals surface area contributed by atoms with Crippen molar-refractivity contribution in [2.45, 2.75) is 38.0 Å². The molecule has 132 valence electrons. The van der Waals surface area contributed by atoms with E-state index in [4.69, 9.17) is 9.47 Å². The van der Waals surface area contributed by atoms with Crippen molar-refractivity contribution in [3.63, 3.8) is 0 Å². The van der Waals surface area contributed by atoms with E-state index in [0.29, 0.717) is 12.6 Å². The van der Waals surface area contributed by atoms with Crippen molar-refractivity contribution in [3.05, 3.63) is 58.7 Å². The van der Waals surface area contributed by atoms with Gasteiger partial charge in [-0.15, -0.1) is 0 Å². The molecule has 0 spiro atoms. The van der Waals surface area contributed by atoms with Crippen LogP contribution in [0.2, 0.25) is 0 Å². The Balaban J connectivity index is 1.73. The Hall–Kier alpha value is -2.04. The van der Waals surface area contributed by atoms with E-state index in [1.165, 1.54) is 17.5 Å². The minimum Gasteiger partial charge on any atom is -0.496 e. The Morgan fingerprint density at radius 2 is 1.80 bits per heavy atom. The highest BCUT2D eigenvalue weighted by Crippen LogP contribution is 2.44. The van der Waals surface area contributed by atoms with Gasteiger partial charge in [0.05, 0.1) is 20.3 Å². The van der Waals surface area contributed by atoms with Crippen LogP contribution in [0.1, 0.15) is 47.2 Å². The van der Waals surface area contributed by atoms with E-state index >= 15 is 0 Å². The summed E-state index contributed by atoms with van der Waals surface area (Å²) in [7, 11) is 3.34. The Kier molecular flexibility index (Phi) is 4.40. The molecule has 0 radical (unpaired) electrons. The Labute approximate surface area is 149 Å². The van der Waals surface area contributed by atoms with Crippen molar-refractivity contribution in [1.29, 1.82) is 0 Å². The first-order valence-corrected chi connectivity index (χ1v) is 8.96. The van der Waals surface area contributed by atoms with E-state index in [9.17, 15) is 5.11 Å². The molecule has 2 aliphatic rings. The third kappa shape index (κ3) is 2.79. The van der Waals surface area contributed by atoms with Gasteiger partial charge in [-0.2, -0.15) is 0 Å². The summed E-state index contributed by atoms with van der Waals surface area (Å²) in [5, 5.41) is 10.9. The molecule has 2 aromatic carbocycles. The summed E-state index contributed by atoms with van der Waals surface area (Å²) < 4.78 is 11.1. The Morgan fingerprint density at radius 1 is 1.04 bits per heavy atom. The summed E-state index contributed by atoms with van der Waals surface area (Å²) in [4.78, 5) is 2.40. The second kappa shape index (κ2) is 6.70. The Bertz CT molecular complexity index is 774. The largest absolute Gasteiger partial charge is 0.496 e. The molecule has 0 aromatic heterocycles. The van der Waals surface area contributed by atoms with Crippen molar-refractivity contribution in [1.82, 2.24) is 4.90 Å². The van der Waals surface area contributed by atoms with Gasteiger partial charge in [-0.3, -0.25) is 4.90 Å². The topological polar surface area (TPSA) is 41.9 Å². The fourth-order valence-electron chi connectivity index (χ4n) is 4.45. The molecule has 0 bridgehead atoms. The van der Waals surface area contributed by atoms with E-state index < -0.39 is 6.10 Å². The van der Waals surface area contributed by atoms with Gasteiger partial charge in [0.15, 0.2) is 0 Å². The average Bonchev–Trinajstić information content (AvgIpc) is 2.66. The SMILES string of the molecule is COc1ccc(OC)c2c1CN([C@@H]1CCCc3ccccc31)C[C@@H]2O. The van der Waals surface area contributed by atoms with Crippen LogP contribution < -0.4 is 9.47 Å². The number of ether oxygens (including phenoxy) is 2. The van der Waals surface area contributed by atoms with E-state index in [1.54, 1.807) is 14.2 Å². The number of hydrogen-bond donors (Lipinski definition) is 1. The van der Waals surface area contributed by atoms with Crippen LogP contribution in [0.5, 0.6) is 11.5 Å². The van der Waals surface area contributed by atoms with Crippen LogP contribution in [0, 0.1) is 0 Å². The lowest BCUT2D eigenvalue weighted by atomic mass is 9.85. The monoisotopic (exact) mass is 339 g/mol. The van der Waals surface area contributed by atoms with Gasteiger partial charge in [0, 0.05) is 30.3 Å². The number of aryl methyl sites for hydroxylation is 1. The number of nitrogens with zero attached hydrogens (tertiary/aromatic N) is 1. The van der Waals surface area contributed by atoms with Gasteiger partial charge in [0.25, 0.3) is 0 Å². The minimum absolute atomic E-state index is 0.351. The number of benzene rings is 2. The van der Waals surface area contributed by atoms with Gasteiger partial charge >= 0.3 is 0 Å². The van der Waals surface area contributed by atoms with Crippen LogP contribution in [0.15, 0.2) is 36.4 Å². The van der Waals surface area contributed by atoms with Crippen molar-refractivity contribution in [2.24, 2.45) is 0 Å². The zero-order valence-corrected chi connectivity index (χ0v) is 14.9. The first-order valence-electron chi connectivity index (χ1n) is 8.96. The quantitative estimate of drug-likeness (QED) is 0.927. The van der Waals surface area contributed by atoms with E-state index in [0.717, 1.165) is 42.0 Å². The number of rotatable bonds is 3. The highest BCUT2D eigenvalue weighted by atomic mass is 16.5. The highest BCUT2D eigenvalue weighted by molar-refractivity contribution is 5.51. The first kappa shape index (κ1) is 16.4. The van der Waals surface area contributed by atoms with E-state index in [-0.39, 0.29) is 0 Å². The second-order valence-electron chi connectivity index (χ2n) is 6.91. The molecular formula is C21H25NO3. The van der Waals surface area contributed by atoms with Crippen LogP contribution in [-0.2, 0) is 13.0 Å². The summed E-state index contributed by atoms with van der Waals surface area (Å²) in [6, 6.07) is 12.9. The molecule has 1 heterocycles. The summed E-state index contributed by atoms with van der Waals surface area (Å²) in [5.41, 5.74) is 4.77. The van der Waals surface area contributed by atoms with Crippen molar-refractivity contribution in [3.8, 4) is 11.5 Å². The second-order valence-corrected chi connectivity index (χ2v) is 6.91. The first-order chi connectivity index (χ1) is 12.2. The number of fused-ring (bicyclic) bond motifs is 2. The van der Waals surface area contributed by atoms with Crippen LogP contribution >= 0.6 is 0 Å². The highest BCUT2D eigenvalue weighted by Gasteiger charge is 2.34. The minimum atomic E-state index is -0.567. The van der Waals surface area contributed by atoms with E-state index in [2.05, 4.69) is 29.2 Å². The molecule has 4 rings (SSSR count). The lowest BCUT2D eigenvalue weighted by Gasteiger charge is -2.41. The number of aliphatic hydroxyl groups excluding tert-OH is 1. The van der Waals surface area contributed by atoms with Gasteiger partial charge in [-0.05, 0) is 42.5 Å². The van der Waals surface area contributed by atoms with Crippen molar-refractivity contribution >= 4 is 0 Å². The number of hydrogen-bond acceptors (Lipinski definition) is 4. The average molecular weight is 339 g/mol. The summed E-state index contributed by atoms with van der Waals surface area (Å²) in [6.07, 6.45) is 2.90. The van der Waals surface area contributed by atoms with Crippen LogP contribution in [0.4, 0.5) is 0 Å². The normalized spacial score (nSPS) is 22.8. The van der Waals surface area contributed by atoms with Gasteiger partial charge in [0.1, 0.15) is 11.5 Å². The maximum absolute atomic E-state index is 10.9. The maximum atomic E-state index is 10.9. The number of methoxy groups -OCH3 is 2. The van der Waals surface area contributed by atoms with Crippen LogP contribution in [0.3, 0.4) is 0 Å². The summed E-state index contributed by atoms with van der Waals surface area (Å²) in [6.45, 7) is 1.39. The fraction of sp³-hybridized carbons (Fsp3) is 0.429. The fourth-order valence-corrected chi connectivity index (χ4v) is 4.45. The molecule has 25 heavy (non-hydrogen) atoms. The van der Waals surface area contributed by atoms with Gasteiger partial charge in [0.2, 0.25) is 0 Å². The van der Waals surface area contributed by atoms with Crippen molar-refractivity contribution in [2.75, 3.05) is 20.8 Å². The smallest absolute Gasteiger partial charge is 0.125 e. The predicted octanol–water partition coefficient (Wildman–Crippen LogP) is 3.63. The molecule has 4 heteroatoms. The molecule has 0 saturated heterocycles. The Morgan fingerprint density at radius 3 is 2.60 bits per heavy atom. The van der Waals surface area contributed by atoms with Gasteiger partial charge in [-0.25, -0.2) is 0 Å². The molecule has 1 N–H and O–H groups in total. The molecule has 4 nitrogen and oxygen atoms in total. The molecule has 2 aromatic rings. The zero-order valence-electron chi connectivity index (χ0n) is 14.9. The molecule has 0 amide bonds. The van der Waals surface area contributed by atoms with Crippen LogP contribution in [0.25, 0.3) is 0 Å². The zero-order chi connectivity index (χ0) is 17.4. The molecule has 0 unspecified atom stereocenters. The maximum Gasteiger partial charge on any atom is 0.125 e. The third-order valence-corrected chi connectivity index (χ3v) is 5.59. The molecule has 1 aliphatic heterocycles. The lowest BCUT2D eigenvalue weighted by Crippen LogP contribution is -2.38. The predicted molar refractivity (Wildman–Crippen MR) is 97.0 cm³/mol. The molecule has 2 atom stereocenters. The molecular weight excluding hydrogens is 314 g/mol. The van der Waals surface area contributed by atoms with Gasteiger partial charge in [-0.1, -0.05) is 24.3 Å². The summed E-state index contributed by atoms with van der Waals surface area (Å²) in [5.74, 6) is 1.57. The molecule has 0 saturated carbocycles. The third-order valence-electron chi connectivity index (χ3n) is 5.59. The van der Waals surface area contributed by atoms with E-state index in [1.807, 2.05) is 12.1 Å². The van der Waals surface area contributed by atoms with Crippen LogP contribution in [-0.4, -0.2) is 30.8 Å². The standard InChI is InChI=1S/C21H25NO3/c1-24-19-10-11-20(25-2)21-16(19)12-22(13-18(21)23)17-9-5-7-14-6-3-4-8-15(14)17/h3-4,6,8,10-11,17-18,23H,5,7,9,12-13H2,1-2H3/t17-,18+/m1/s1. The molecule has 0 fully saturated rings. The lowest BCUT2D eigenvalue weighted by molar-refractivity contribution is 0.0559. The molecule has 1 aliphatic carbocycles. The number of aliphatic hydroxyl groups is 1. The van der Waals surface area contributed by atoms with Gasteiger partial charge < -0.3 is 14.6 Å². The van der Waals surface area contributed by atoms with Crippen molar-refractivity contribution < 1.29 is 14.6 Å². The summed E-state index contributed by atoms with van der Waals surface area (Å²) >= 11 is 0. The number of β-amino-alcohol motifs (C(OH)–C–C–N with tert-alkyl or cyclic N) is 1.